The summed E-state index contributed by atoms with van der Waals surface area (Å²) < 4.78 is 10.8. The van der Waals surface area contributed by atoms with Crippen molar-refractivity contribution in [1.29, 1.82) is 5.26 Å². The van der Waals surface area contributed by atoms with E-state index in [-0.39, 0.29) is 0 Å². The number of benzene rings is 2. The van der Waals surface area contributed by atoms with Gasteiger partial charge in [-0.2, -0.15) is 5.26 Å². The van der Waals surface area contributed by atoms with Crippen molar-refractivity contribution in [2.45, 2.75) is 13.0 Å². The molecule has 0 aliphatic rings. The summed E-state index contributed by atoms with van der Waals surface area (Å²) in [5, 5.41) is 11.3. The van der Waals surface area contributed by atoms with Gasteiger partial charge in [0.1, 0.15) is 5.75 Å². The topological polar surface area (TPSA) is 42.2 Å². The predicted octanol–water partition coefficient (Wildman–Crippen LogP) is 3.45. The molecular formula is C15H15NO2. The molecule has 3 heteroatoms. The maximum absolute atomic E-state index is 9.26. The first kappa shape index (κ1) is 12.4. The normalized spacial score (nSPS) is 12.1. The van der Waals surface area contributed by atoms with Crippen LogP contribution in [-0.4, -0.2) is 13.7 Å². The number of nitriles is 1. The van der Waals surface area contributed by atoms with Crippen LogP contribution in [0.15, 0.2) is 36.4 Å². The third-order valence-electron chi connectivity index (χ3n) is 2.86. The molecule has 0 saturated heterocycles. The Hall–Kier alpha value is -2.05. The molecule has 3 nitrogen and oxygen atoms in total. The zero-order chi connectivity index (χ0) is 13.0. The van der Waals surface area contributed by atoms with Gasteiger partial charge in [-0.3, -0.25) is 0 Å². The molecule has 92 valence electrons. The van der Waals surface area contributed by atoms with E-state index in [0.717, 1.165) is 16.3 Å². The van der Waals surface area contributed by atoms with Gasteiger partial charge in [0.2, 0.25) is 0 Å². The van der Waals surface area contributed by atoms with Crippen LogP contribution in [0.3, 0.4) is 0 Å². The second-order valence-electron chi connectivity index (χ2n) is 3.87. The minimum absolute atomic E-state index is 0.491. The lowest BCUT2D eigenvalue weighted by molar-refractivity contribution is 0.101. The van der Waals surface area contributed by atoms with E-state index in [4.69, 9.17) is 9.47 Å². The lowest BCUT2D eigenvalue weighted by Gasteiger charge is -2.16. The Labute approximate surface area is 107 Å². The third-order valence-corrected chi connectivity index (χ3v) is 2.86. The molecule has 0 aliphatic carbocycles. The van der Waals surface area contributed by atoms with Gasteiger partial charge in [-0.05, 0) is 23.8 Å². The highest BCUT2D eigenvalue weighted by atomic mass is 16.5. The van der Waals surface area contributed by atoms with Gasteiger partial charge in [0.05, 0.1) is 13.2 Å². The van der Waals surface area contributed by atoms with Crippen molar-refractivity contribution in [2.24, 2.45) is 0 Å². The SMILES string of the molecule is CCOC(C#N)c1c(OC)ccc2ccccc12. The molecular weight excluding hydrogens is 226 g/mol. The summed E-state index contributed by atoms with van der Waals surface area (Å²) >= 11 is 0. The predicted molar refractivity (Wildman–Crippen MR) is 70.5 cm³/mol. The van der Waals surface area contributed by atoms with Crippen LogP contribution in [0.1, 0.15) is 18.6 Å². The van der Waals surface area contributed by atoms with Crippen molar-refractivity contribution >= 4 is 10.8 Å². The number of nitrogens with zero attached hydrogens (tertiary/aromatic N) is 1. The molecule has 2 rings (SSSR count). The van der Waals surface area contributed by atoms with Crippen LogP contribution in [0.5, 0.6) is 5.75 Å². The second-order valence-corrected chi connectivity index (χ2v) is 3.87. The Kier molecular flexibility index (Phi) is 3.81. The summed E-state index contributed by atoms with van der Waals surface area (Å²) in [6, 6.07) is 14.0. The van der Waals surface area contributed by atoms with Crippen molar-refractivity contribution in [2.75, 3.05) is 13.7 Å². The van der Waals surface area contributed by atoms with Crippen LogP contribution in [0, 0.1) is 11.3 Å². The van der Waals surface area contributed by atoms with Gasteiger partial charge in [-0.15, -0.1) is 0 Å². The summed E-state index contributed by atoms with van der Waals surface area (Å²) in [5.41, 5.74) is 0.806. The molecule has 0 N–H and O–H groups in total. The zero-order valence-electron chi connectivity index (χ0n) is 10.5. The largest absolute Gasteiger partial charge is 0.496 e. The summed E-state index contributed by atoms with van der Waals surface area (Å²) in [7, 11) is 1.61. The molecule has 0 bridgehead atoms. The van der Waals surface area contributed by atoms with E-state index >= 15 is 0 Å². The Morgan fingerprint density at radius 1 is 1.22 bits per heavy atom. The van der Waals surface area contributed by atoms with Crippen molar-refractivity contribution < 1.29 is 9.47 Å². The Bertz CT molecular complexity index is 587. The van der Waals surface area contributed by atoms with Gasteiger partial charge in [-0.1, -0.05) is 30.3 Å². The molecule has 2 aromatic rings. The molecule has 0 fully saturated rings. The minimum atomic E-state index is -0.601. The van der Waals surface area contributed by atoms with Gasteiger partial charge in [0.15, 0.2) is 6.10 Å². The van der Waals surface area contributed by atoms with E-state index in [9.17, 15) is 5.26 Å². The average molecular weight is 241 g/mol. The number of hydrogen-bond acceptors (Lipinski definition) is 3. The highest BCUT2D eigenvalue weighted by Crippen LogP contribution is 2.34. The summed E-state index contributed by atoms with van der Waals surface area (Å²) in [5.74, 6) is 0.689. The molecule has 0 amide bonds. The molecule has 2 aromatic carbocycles. The van der Waals surface area contributed by atoms with Crippen LogP contribution in [-0.2, 0) is 4.74 Å². The number of fused-ring (bicyclic) bond motifs is 1. The third kappa shape index (κ3) is 2.15. The maximum atomic E-state index is 9.26. The van der Waals surface area contributed by atoms with Gasteiger partial charge < -0.3 is 9.47 Å². The van der Waals surface area contributed by atoms with Crippen LogP contribution in [0.2, 0.25) is 0 Å². The molecule has 18 heavy (non-hydrogen) atoms. The van der Waals surface area contributed by atoms with Crippen molar-refractivity contribution in [3.05, 3.63) is 42.0 Å². The fraction of sp³-hybridized carbons (Fsp3) is 0.267. The van der Waals surface area contributed by atoms with Gasteiger partial charge in [0.25, 0.3) is 0 Å². The lowest BCUT2D eigenvalue weighted by atomic mass is 9.99. The van der Waals surface area contributed by atoms with Crippen molar-refractivity contribution in [1.82, 2.24) is 0 Å². The average Bonchev–Trinajstić information content (AvgIpc) is 2.43. The fourth-order valence-corrected chi connectivity index (χ4v) is 2.08. The molecule has 0 aromatic heterocycles. The van der Waals surface area contributed by atoms with Gasteiger partial charge in [-0.25, -0.2) is 0 Å². The summed E-state index contributed by atoms with van der Waals surface area (Å²) in [6.45, 7) is 2.37. The van der Waals surface area contributed by atoms with Gasteiger partial charge in [0, 0.05) is 12.2 Å². The van der Waals surface area contributed by atoms with Crippen LogP contribution in [0.25, 0.3) is 10.8 Å². The van der Waals surface area contributed by atoms with E-state index < -0.39 is 6.10 Å². The molecule has 1 atom stereocenters. The minimum Gasteiger partial charge on any atom is -0.496 e. The summed E-state index contributed by atoms with van der Waals surface area (Å²) in [4.78, 5) is 0. The van der Waals surface area contributed by atoms with E-state index in [0.29, 0.717) is 12.4 Å². The summed E-state index contributed by atoms with van der Waals surface area (Å²) in [6.07, 6.45) is -0.601. The number of hydrogen-bond donors (Lipinski definition) is 0. The second kappa shape index (κ2) is 5.52. The Morgan fingerprint density at radius 3 is 2.67 bits per heavy atom. The van der Waals surface area contributed by atoms with E-state index in [2.05, 4.69) is 6.07 Å². The van der Waals surface area contributed by atoms with E-state index in [1.54, 1.807) is 7.11 Å². The van der Waals surface area contributed by atoms with Crippen LogP contribution in [0.4, 0.5) is 0 Å². The van der Waals surface area contributed by atoms with Crippen molar-refractivity contribution in [3.63, 3.8) is 0 Å². The molecule has 0 radical (unpaired) electrons. The zero-order valence-corrected chi connectivity index (χ0v) is 10.5. The first-order chi connectivity index (χ1) is 8.81. The number of ether oxygens (including phenoxy) is 2. The Balaban J connectivity index is 2.68. The smallest absolute Gasteiger partial charge is 0.173 e. The fourth-order valence-electron chi connectivity index (χ4n) is 2.08. The molecule has 0 aliphatic heterocycles. The molecule has 0 saturated carbocycles. The molecule has 1 unspecified atom stereocenters. The number of methoxy groups -OCH3 is 1. The first-order valence-corrected chi connectivity index (χ1v) is 5.88. The van der Waals surface area contributed by atoms with Crippen molar-refractivity contribution in [3.8, 4) is 11.8 Å². The quantitative estimate of drug-likeness (QED) is 0.823. The van der Waals surface area contributed by atoms with E-state index in [1.165, 1.54) is 0 Å². The highest BCUT2D eigenvalue weighted by molar-refractivity contribution is 5.88. The number of rotatable bonds is 4. The standard InChI is InChI=1S/C15H15NO2/c1-3-18-14(10-16)15-12-7-5-4-6-11(12)8-9-13(15)17-2/h4-9,14H,3H2,1-2H3. The highest BCUT2D eigenvalue weighted by Gasteiger charge is 2.18. The van der Waals surface area contributed by atoms with Crippen LogP contribution >= 0.6 is 0 Å². The monoisotopic (exact) mass is 241 g/mol. The molecule has 0 spiro atoms. The van der Waals surface area contributed by atoms with Crippen LogP contribution < -0.4 is 4.74 Å². The maximum Gasteiger partial charge on any atom is 0.173 e. The Morgan fingerprint density at radius 2 is 2.00 bits per heavy atom. The van der Waals surface area contributed by atoms with Gasteiger partial charge >= 0.3 is 0 Å². The molecule has 0 heterocycles. The lowest BCUT2D eigenvalue weighted by Crippen LogP contribution is -2.04. The van der Waals surface area contributed by atoms with E-state index in [1.807, 2.05) is 43.3 Å². The first-order valence-electron chi connectivity index (χ1n) is 5.88.